The zero-order chi connectivity index (χ0) is 15.2. The molecule has 3 N–H and O–H groups in total. The normalized spacial score (nSPS) is 28.4. The fourth-order valence-corrected chi connectivity index (χ4v) is 3.02. The van der Waals surface area contributed by atoms with Gasteiger partial charge < -0.3 is 15.8 Å². The molecule has 1 atom stereocenters. The molecule has 0 saturated heterocycles. The highest BCUT2D eigenvalue weighted by atomic mass is 16.5. The molecule has 0 heterocycles. The molecule has 20 heavy (non-hydrogen) atoms. The summed E-state index contributed by atoms with van der Waals surface area (Å²) in [5, 5.41) is 2.89. The van der Waals surface area contributed by atoms with E-state index in [1.54, 1.807) is 0 Å². The van der Waals surface area contributed by atoms with E-state index in [0.29, 0.717) is 13.1 Å². The first kappa shape index (κ1) is 17.4. The van der Waals surface area contributed by atoms with Crippen molar-refractivity contribution in [2.75, 3.05) is 13.1 Å². The van der Waals surface area contributed by atoms with Crippen LogP contribution in [0.2, 0.25) is 0 Å². The number of hydrogen-bond acceptors (Lipinski definition) is 3. The highest BCUT2D eigenvalue weighted by Crippen LogP contribution is 2.38. The van der Waals surface area contributed by atoms with Crippen LogP contribution in [0.15, 0.2) is 0 Å². The van der Waals surface area contributed by atoms with Gasteiger partial charge >= 0.3 is 0 Å². The average molecular weight is 284 g/mol. The molecule has 1 rings (SSSR count). The molecule has 0 bridgehead atoms. The summed E-state index contributed by atoms with van der Waals surface area (Å²) in [6, 6.07) is 0. The second-order valence-corrected chi connectivity index (χ2v) is 6.52. The van der Waals surface area contributed by atoms with Crippen LogP contribution in [0, 0.1) is 11.8 Å². The zero-order valence-corrected chi connectivity index (χ0v) is 13.6. The third-order valence-corrected chi connectivity index (χ3v) is 4.60. The molecular formula is C16H32N2O2. The van der Waals surface area contributed by atoms with E-state index in [-0.39, 0.29) is 11.5 Å². The third-order valence-electron chi connectivity index (χ3n) is 4.60. The summed E-state index contributed by atoms with van der Waals surface area (Å²) < 4.78 is 6.08. The maximum absolute atomic E-state index is 11.9. The summed E-state index contributed by atoms with van der Waals surface area (Å²) in [6.45, 7) is 9.64. The minimum atomic E-state index is -0.416. The van der Waals surface area contributed by atoms with Crippen molar-refractivity contribution in [3.63, 3.8) is 0 Å². The Kier molecular flexibility index (Phi) is 6.96. The van der Waals surface area contributed by atoms with Gasteiger partial charge in [0.15, 0.2) is 0 Å². The lowest BCUT2D eigenvalue weighted by atomic mass is 9.74. The largest absolute Gasteiger partial charge is 0.361 e. The minimum Gasteiger partial charge on any atom is -0.361 e. The van der Waals surface area contributed by atoms with E-state index in [0.717, 1.165) is 43.9 Å². The number of nitrogens with one attached hydrogen (secondary N) is 1. The van der Waals surface area contributed by atoms with Crippen molar-refractivity contribution in [3.8, 4) is 0 Å². The molecule has 4 nitrogen and oxygen atoms in total. The van der Waals surface area contributed by atoms with E-state index in [9.17, 15) is 4.79 Å². The van der Waals surface area contributed by atoms with Crippen molar-refractivity contribution < 1.29 is 9.53 Å². The van der Waals surface area contributed by atoms with Gasteiger partial charge in [-0.15, -0.1) is 0 Å². The summed E-state index contributed by atoms with van der Waals surface area (Å²) in [5.41, 5.74) is 5.65. The molecule has 1 aliphatic rings. The summed E-state index contributed by atoms with van der Waals surface area (Å²) >= 11 is 0. The average Bonchev–Trinajstić information content (AvgIpc) is 2.45. The highest BCUT2D eigenvalue weighted by molar-refractivity contribution is 5.80. The van der Waals surface area contributed by atoms with Gasteiger partial charge in [-0.1, -0.05) is 20.8 Å². The van der Waals surface area contributed by atoms with Crippen LogP contribution in [-0.4, -0.2) is 30.7 Å². The van der Waals surface area contributed by atoms with Crippen LogP contribution in [0.4, 0.5) is 0 Å². The van der Waals surface area contributed by atoms with Crippen molar-refractivity contribution in [2.24, 2.45) is 17.6 Å². The van der Waals surface area contributed by atoms with E-state index in [1.807, 2.05) is 13.8 Å². The lowest BCUT2D eigenvalue weighted by Gasteiger charge is -2.41. The van der Waals surface area contributed by atoms with Gasteiger partial charge in [-0.05, 0) is 50.9 Å². The summed E-state index contributed by atoms with van der Waals surface area (Å²) in [4.78, 5) is 11.9. The van der Waals surface area contributed by atoms with Crippen molar-refractivity contribution >= 4 is 5.91 Å². The number of carbonyl (C=O) groups is 1. The van der Waals surface area contributed by atoms with Crippen LogP contribution < -0.4 is 11.1 Å². The Morgan fingerprint density at radius 3 is 2.40 bits per heavy atom. The molecule has 0 spiro atoms. The van der Waals surface area contributed by atoms with Gasteiger partial charge in [-0.3, -0.25) is 4.79 Å². The molecule has 4 heteroatoms. The maximum atomic E-state index is 11.9. The molecule has 0 aliphatic heterocycles. The topological polar surface area (TPSA) is 64.3 Å². The molecule has 0 aromatic heterocycles. The quantitative estimate of drug-likeness (QED) is 0.755. The van der Waals surface area contributed by atoms with E-state index >= 15 is 0 Å². The number of rotatable bonds is 7. The maximum Gasteiger partial charge on any atom is 0.248 e. The molecule has 0 radical (unpaired) electrons. The van der Waals surface area contributed by atoms with Gasteiger partial charge in [-0.25, -0.2) is 0 Å². The molecule has 1 fully saturated rings. The molecule has 1 aliphatic carbocycles. The Labute approximate surface area is 123 Å². The van der Waals surface area contributed by atoms with Crippen LogP contribution in [0.3, 0.4) is 0 Å². The second-order valence-electron chi connectivity index (χ2n) is 6.52. The number of nitrogens with two attached hydrogens (primary N) is 1. The standard InChI is InChI=1S/C16H32N2O2/c1-5-10-18-15(19)13(4)20-16(11-17)8-6-14(7-9-16)12(2)3/h12-14H,5-11,17H2,1-4H3,(H,18,19). The van der Waals surface area contributed by atoms with E-state index in [2.05, 4.69) is 19.2 Å². The SMILES string of the molecule is CCCNC(=O)C(C)OC1(CN)CCC(C(C)C)CC1. The Morgan fingerprint density at radius 2 is 1.95 bits per heavy atom. The van der Waals surface area contributed by atoms with Crippen LogP contribution in [0.5, 0.6) is 0 Å². The smallest absolute Gasteiger partial charge is 0.248 e. The molecule has 1 amide bonds. The second kappa shape index (κ2) is 7.99. The third kappa shape index (κ3) is 4.74. The summed E-state index contributed by atoms with van der Waals surface area (Å²) in [7, 11) is 0. The van der Waals surface area contributed by atoms with Crippen LogP contribution in [-0.2, 0) is 9.53 Å². The van der Waals surface area contributed by atoms with E-state index in [4.69, 9.17) is 10.5 Å². The van der Waals surface area contributed by atoms with Crippen molar-refractivity contribution in [2.45, 2.75) is 71.5 Å². The lowest BCUT2D eigenvalue weighted by molar-refractivity contribution is -0.151. The monoisotopic (exact) mass is 284 g/mol. The fourth-order valence-electron chi connectivity index (χ4n) is 3.02. The lowest BCUT2D eigenvalue weighted by Crippen LogP contribution is -2.49. The first-order valence-electron chi connectivity index (χ1n) is 8.09. The Morgan fingerprint density at radius 1 is 1.35 bits per heavy atom. The Balaban J connectivity index is 2.52. The molecule has 1 unspecified atom stereocenters. The number of amides is 1. The van der Waals surface area contributed by atoms with Gasteiger partial charge in [0.05, 0.1) is 5.60 Å². The minimum absolute atomic E-state index is 0.0225. The molecular weight excluding hydrogens is 252 g/mol. The van der Waals surface area contributed by atoms with Gasteiger partial charge in [0.1, 0.15) is 6.10 Å². The number of ether oxygens (including phenoxy) is 1. The van der Waals surface area contributed by atoms with Gasteiger partial charge in [0.2, 0.25) is 5.91 Å². The Hall–Kier alpha value is -0.610. The Bertz CT molecular complexity index is 297. The van der Waals surface area contributed by atoms with Gasteiger partial charge in [0, 0.05) is 13.1 Å². The first-order valence-corrected chi connectivity index (χ1v) is 8.09. The highest BCUT2D eigenvalue weighted by Gasteiger charge is 2.38. The molecule has 0 aromatic rings. The number of carbonyl (C=O) groups excluding carboxylic acids is 1. The van der Waals surface area contributed by atoms with Crippen LogP contribution >= 0.6 is 0 Å². The summed E-state index contributed by atoms with van der Waals surface area (Å²) in [5.74, 6) is 1.46. The first-order chi connectivity index (χ1) is 9.44. The zero-order valence-electron chi connectivity index (χ0n) is 13.6. The van der Waals surface area contributed by atoms with E-state index < -0.39 is 6.10 Å². The van der Waals surface area contributed by atoms with Crippen molar-refractivity contribution in [1.29, 1.82) is 0 Å². The fraction of sp³-hybridized carbons (Fsp3) is 0.938. The molecule has 118 valence electrons. The molecule has 0 aromatic carbocycles. The van der Waals surface area contributed by atoms with Crippen molar-refractivity contribution in [1.82, 2.24) is 5.32 Å². The van der Waals surface area contributed by atoms with E-state index in [1.165, 1.54) is 0 Å². The predicted molar refractivity (Wildman–Crippen MR) is 82.4 cm³/mol. The molecule has 1 saturated carbocycles. The van der Waals surface area contributed by atoms with Crippen LogP contribution in [0.25, 0.3) is 0 Å². The number of hydrogen-bond donors (Lipinski definition) is 2. The van der Waals surface area contributed by atoms with Gasteiger partial charge in [0.25, 0.3) is 0 Å². The predicted octanol–water partition coefficient (Wildman–Crippen LogP) is 2.46. The van der Waals surface area contributed by atoms with Crippen molar-refractivity contribution in [3.05, 3.63) is 0 Å². The van der Waals surface area contributed by atoms with Crippen LogP contribution in [0.1, 0.15) is 59.8 Å². The summed E-state index contributed by atoms with van der Waals surface area (Å²) in [6.07, 6.45) is 4.77. The van der Waals surface area contributed by atoms with Gasteiger partial charge in [-0.2, -0.15) is 0 Å².